The van der Waals surface area contributed by atoms with Crippen molar-refractivity contribution in [2.45, 2.75) is 83.4 Å². The van der Waals surface area contributed by atoms with Gasteiger partial charge in [-0.2, -0.15) is 0 Å². The molecule has 6 nitrogen and oxygen atoms in total. The number of hydrogen-bond donors (Lipinski definition) is 0. The number of hydrogen-bond acceptors (Lipinski definition) is 6. The zero-order chi connectivity index (χ0) is 27.3. The fraction of sp³-hybridized carbons (Fsp3) is 0.567. The molecule has 1 aliphatic rings. The Morgan fingerprint density at radius 2 is 1.78 bits per heavy atom. The lowest BCUT2D eigenvalue weighted by molar-refractivity contribution is -0.149. The minimum atomic E-state index is -2.25. The Hall–Kier alpha value is -2.35. The van der Waals surface area contributed by atoms with E-state index in [2.05, 4.69) is 52.9 Å². The fourth-order valence-corrected chi connectivity index (χ4v) is 6.11. The molecule has 2 aromatic rings. The first-order valence-electron chi connectivity index (χ1n) is 13.1. The molecule has 0 saturated carbocycles. The van der Waals surface area contributed by atoms with Gasteiger partial charge in [-0.25, -0.2) is 0 Å². The Morgan fingerprint density at radius 1 is 1.08 bits per heavy atom. The molecule has 0 spiro atoms. The predicted molar refractivity (Wildman–Crippen MR) is 149 cm³/mol. The fourth-order valence-electron chi connectivity index (χ4n) is 4.67. The molecule has 0 aliphatic carbocycles. The Bertz CT molecular complexity index is 1030. The van der Waals surface area contributed by atoms with E-state index in [-0.39, 0.29) is 29.5 Å². The molecular formula is C30H44O6Si. The Balaban J connectivity index is 2.02. The molecule has 0 N–H and O–H groups in total. The third-order valence-corrected chi connectivity index (χ3v) is 12.3. The maximum atomic E-state index is 12.4. The lowest BCUT2D eigenvalue weighted by Crippen LogP contribution is -2.61. The number of benzene rings is 2. The number of esters is 1. The summed E-state index contributed by atoms with van der Waals surface area (Å²) in [7, 11) is 0.863. The van der Waals surface area contributed by atoms with Crippen LogP contribution in [0.15, 0.2) is 48.5 Å². The minimum absolute atomic E-state index is 0.0158. The second-order valence-corrected chi connectivity index (χ2v) is 16.4. The Morgan fingerprint density at radius 3 is 2.41 bits per heavy atom. The Labute approximate surface area is 223 Å². The van der Waals surface area contributed by atoms with Gasteiger partial charge in [-0.3, -0.25) is 4.79 Å². The summed E-state index contributed by atoms with van der Waals surface area (Å²) in [6.07, 6.45) is 1.31. The molecule has 0 bridgehead atoms. The van der Waals surface area contributed by atoms with Gasteiger partial charge in [-0.1, -0.05) is 64.1 Å². The number of carbonyl (C=O) groups excluding carboxylic acids is 1. The molecule has 0 fully saturated rings. The summed E-state index contributed by atoms with van der Waals surface area (Å²) < 4.78 is 31.0. The zero-order valence-electron chi connectivity index (χ0n) is 23.8. The van der Waals surface area contributed by atoms with Gasteiger partial charge in [-0.05, 0) is 54.6 Å². The molecule has 7 heteroatoms. The summed E-state index contributed by atoms with van der Waals surface area (Å²) in [6, 6.07) is 16.0. The number of fused-ring (bicyclic) bond motifs is 1. The van der Waals surface area contributed by atoms with E-state index >= 15 is 0 Å². The number of carbonyl (C=O) groups is 1. The Kier molecular flexibility index (Phi) is 9.48. The van der Waals surface area contributed by atoms with E-state index in [0.717, 1.165) is 29.0 Å². The summed E-state index contributed by atoms with van der Waals surface area (Å²) in [5.74, 6) is 1.20. The van der Waals surface area contributed by atoms with E-state index in [1.165, 1.54) is 7.11 Å². The molecule has 3 rings (SSSR count). The molecule has 1 heterocycles. The summed E-state index contributed by atoms with van der Waals surface area (Å²) in [5.41, 5.74) is 1.37. The summed E-state index contributed by atoms with van der Waals surface area (Å²) in [4.78, 5) is 12.4. The molecule has 3 unspecified atom stereocenters. The highest BCUT2D eigenvalue weighted by Crippen LogP contribution is 2.46. The van der Waals surface area contributed by atoms with E-state index in [1.54, 1.807) is 7.11 Å². The topological polar surface area (TPSA) is 63.2 Å². The molecular weight excluding hydrogens is 484 g/mol. The van der Waals surface area contributed by atoms with Crippen LogP contribution in [0.5, 0.6) is 11.5 Å². The van der Waals surface area contributed by atoms with E-state index in [0.29, 0.717) is 19.6 Å². The maximum Gasteiger partial charge on any atom is 0.305 e. The lowest BCUT2D eigenvalue weighted by atomic mass is 9.80. The van der Waals surface area contributed by atoms with Gasteiger partial charge in [0.1, 0.15) is 11.5 Å². The normalized spacial score (nSPS) is 19.4. The first-order valence-corrected chi connectivity index (χ1v) is 16.0. The molecule has 0 saturated heterocycles. The van der Waals surface area contributed by atoms with E-state index < -0.39 is 13.9 Å². The average molecular weight is 529 g/mol. The van der Waals surface area contributed by atoms with Crippen LogP contribution in [0.3, 0.4) is 0 Å². The van der Waals surface area contributed by atoms with Crippen LogP contribution in [0.2, 0.25) is 18.1 Å². The van der Waals surface area contributed by atoms with Gasteiger partial charge in [0.05, 0.1) is 40.0 Å². The van der Waals surface area contributed by atoms with Crippen molar-refractivity contribution in [3.63, 3.8) is 0 Å². The average Bonchev–Trinajstić information content (AvgIpc) is 2.86. The van der Waals surface area contributed by atoms with E-state index in [4.69, 9.17) is 23.4 Å². The van der Waals surface area contributed by atoms with E-state index in [9.17, 15) is 4.79 Å². The quantitative estimate of drug-likeness (QED) is 0.243. The maximum absolute atomic E-state index is 12.4. The largest absolute Gasteiger partial charge is 0.496 e. The molecule has 0 radical (unpaired) electrons. The van der Waals surface area contributed by atoms with Crippen molar-refractivity contribution in [3.05, 3.63) is 59.7 Å². The molecule has 0 amide bonds. The van der Waals surface area contributed by atoms with Crippen molar-refractivity contribution in [2.75, 3.05) is 20.8 Å². The first-order chi connectivity index (χ1) is 17.4. The van der Waals surface area contributed by atoms with Gasteiger partial charge in [0.2, 0.25) is 0 Å². The third kappa shape index (κ3) is 6.95. The van der Waals surface area contributed by atoms with Crippen LogP contribution in [0, 0.1) is 5.92 Å². The molecule has 204 valence electrons. The zero-order valence-corrected chi connectivity index (χ0v) is 24.8. The van der Waals surface area contributed by atoms with Gasteiger partial charge in [0, 0.05) is 5.56 Å². The highest BCUT2D eigenvalue weighted by Gasteiger charge is 2.52. The number of rotatable bonds is 11. The molecule has 0 aromatic heterocycles. The smallest absolute Gasteiger partial charge is 0.305 e. The van der Waals surface area contributed by atoms with Crippen LogP contribution in [-0.4, -0.2) is 46.8 Å². The van der Waals surface area contributed by atoms with Gasteiger partial charge in [-0.15, -0.1) is 0 Å². The second-order valence-electron chi connectivity index (χ2n) is 11.6. The molecule has 1 aliphatic heterocycles. The third-order valence-electron chi connectivity index (χ3n) is 7.86. The van der Waals surface area contributed by atoms with Gasteiger partial charge in [0.25, 0.3) is 0 Å². The van der Waals surface area contributed by atoms with Crippen molar-refractivity contribution in [1.82, 2.24) is 0 Å². The predicted octanol–water partition coefficient (Wildman–Crippen LogP) is 6.57. The molecule has 3 atom stereocenters. The van der Waals surface area contributed by atoms with Crippen LogP contribution >= 0.6 is 0 Å². The van der Waals surface area contributed by atoms with Crippen LogP contribution < -0.4 is 9.47 Å². The standard InChI is InChI=1S/C30H44O6Si/c1-22(19-27(31)33-6)28(36-37(7,8)29(2,3)4)30(21-34-20-23-13-10-9-11-14-23)18-17-24-25(32-5)15-12-16-26(24)35-30/h9-16,22,28H,17-21H2,1-8H3. The van der Waals surface area contributed by atoms with Gasteiger partial charge >= 0.3 is 5.97 Å². The van der Waals surface area contributed by atoms with Crippen LogP contribution in [0.25, 0.3) is 0 Å². The van der Waals surface area contributed by atoms with Crippen LogP contribution in [0.1, 0.15) is 51.7 Å². The number of methoxy groups -OCH3 is 2. The molecule has 37 heavy (non-hydrogen) atoms. The lowest BCUT2D eigenvalue weighted by Gasteiger charge is -2.50. The molecule has 2 aromatic carbocycles. The summed E-state index contributed by atoms with van der Waals surface area (Å²) in [5, 5.41) is -0.0158. The van der Waals surface area contributed by atoms with E-state index in [1.807, 2.05) is 36.4 Å². The van der Waals surface area contributed by atoms with Crippen molar-refractivity contribution in [1.29, 1.82) is 0 Å². The first kappa shape index (κ1) is 29.2. The highest BCUT2D eigenvalue weighted by molar-refractivity contribution is 6.74. The van der Waals surface area contributed by atoms with Gasteiger partial charge < -0.3 is 23.4 Å². The summed E-state index contributed by atoms with van der Waals surface area (Å²) in [6.45, 7) is 14.0. The SMILES string of the molecule is COC(=O)CC(C)C(O[Si](C)(C)C(C)(C)C)C1(COCc2ccccc2)CCc2c(OC)cccc2O1. The monoisotopic (exact) mass is 528 g/mol. The minimum Gasteiger partial charge on any atom is -0.496 e. The van der Waals surface area contributed by atoms with Crippen LogP contribution in [-0.2, 0) is 31.7 Å². The van der Waals surface area contributed by atoms with Crippen molar-refractivity contribution < 1.29 is 28.2 Å². The van der Waals surface area contributed by atoms with Gasteiger partial charge in [0.15, 0.2) is 13.9 Å². The van der Waals surface area contributed by atoms with Crippen molar-refractivity contribution in [3.8, 4) is 11.5 Å². The second kappa shape index (κ2) is 12.0. The van der Waals surface area contributed by atoms with Crippen molar-refractivity contribution >= 4 is 14.3 Å². The van der Waals surface area contributed by atoms with Crippen molar-refractivity contribution in [2.24, 2.45) is 5.92 Å². The highest BCUT2D eigenvalue weighted by atomic mass is 28.4. The summed E-state index contributed by atoms with van der Waals surface area (Å²) >= 11 is 0. The number of ether oxygens (including phenoxy) is 4. The van der Waals surface area contributed by atoms with Crippen LogP contribution in [0.4, 0.5) is 0 Å².